The summed E-state index contributed by atoms with van der Waals surface area (Å²) in [5.41, 5.74) is 0.510. The van der Waals surface area contributed by atoms with Crippen LogP contribution < -0.4 is 0 Å². The molecule has 1 unspecified atom stereocenters. The molecular weight excluding hydrogens is 301 g/mol. The molecule has 2 aromatic rings. The fourth-order valence-electron chi connectivity index (χ4n) is 2.62. The highest BCUT2D eigenvalue weighted by molar-refractivity contribution is 7.09. The van der Waals surface area contributed by atoms with Crippen molar-refractivity contribution in [3.8, 4) is 0 Å². The van der Waals surface area contributed by atoms with Crippen LogP contribution in [0.4, 0.5) is 4.39 Å². The summed E-state index contributed by atoms with van der Waals surface area (Å²) in [6.07, 6.45) is 2.13. The van der Waals surface area contributed by atoms with E-state index in [9.17, 15) is 9.18 Å². The van der Waals surface area contributed by atoms with E-state index in [1.807, 2.05) is 17.5 Å². The van der Waals surface area contributed by atoms with E-state index < -0.39 is 0 Å². The van der Waals surface area contributed by atoms with E-state index in [0.717, 1.165) is 24.3 Å². The molecule has 1 amide bonds. The first-order valence-corrected chi connectivity index (χ1v) is 8.29. The van der Waals surface area contributed by atoms with Gasteiger partial charge in [0.2, 0.25) is 0 Å². The monoisotopic (exact) mass is 319 g/mol. The zero-order chi connectivity index (χ0) is 15.4. The molecule has 1 atom stereocenters. The molecule has 1 saturated heterocycles. The maximum Gasteiger partial charge on any atom is 0.254 e. The van der Waals surface area contributed by atoms with E-state index >= 15 is 0 Å². The Morgan fingerprint density at radius 2 is 2.14 bits per heavy atom. The molecule has 5 heteroatoms. The summed E-state index contributed by atoms with van der Waals surface area (Å²) in [7, 11) is 0. The number of carbonyl (C=O) groups excluding carboxylic acids is 1. The lowest BCUT2D eigenvalue weighted by Gasteiger charge is -2.25. The highest BCUT2D eigenvalue weighted by Crippen LogP contribution is 2.19. The van der Waals surface area contributed by atoms with Crippen LogP contribution in [0.5, 0.6) is 0 Å². The van der Waals surface area contributed by atoms with Gasteiger partial charge >= 0.3 is 0 Å². The minimum Gasteiger partial charge on any atom is -0.376 e. The highest BCUT2D eigenvalue weighted by Gasteiger charge is 2.23. The van der Waals surface area contributed by atoms with Gasteiger partial charge in [-0.1, -0.05) is 6.07 Å². The molecule has 1 aromatic heterocycles. The van der Waals surface area contributed by atoms with Gasteiger partial charge in [-0.25, -0.2) is 4.39 Å². The number of ether oxygens (including phenoxy) is 1. The first-order chi connectivity index (χ1) is 10.7. The van der Waals surface area contributed by atoms with Gasteiger partial charge in [0.1, 0.15) is 5.82 Å². The van der Waals surface area contributed by atoms with Crippen molar-refractivity contribution in [2.45, 2.75) is 25.5 Å². The Bertz CT molecular complexity index is 606. The number of carbonyl (C=O) groups is 1. The molecule has 22 heavy (non-hydrogen) atoms. The molecule has 0 bridgehead atoms. The number of hydrogen-bond acceptors (Lipinski definition) is 3. The SMILES string of the molecule is O=C(c1ccc(F)cc1)N(Cc1cccs1)CC1CCCO1. The first kappa shape index (κ1) is 15.2. The lowest BCUT2D eigenvalue weighted by atomic mass is 10.1. The standard InChI is InChI=1S/C17H18FNO2S/c18-14-7-5-13(6-8-14)17(20)19(11-15-3-1-9-21-15)12-16-4-2-10-22-16/h2,4-8,10,15H,1,3,9,11-12H2. The Labute approximate surface area is 133 Å². The van der Waals surface area contributed by atoms with Crippen molar-refractivity contribution in [2.24, 2.45) is 0 Å². The van der Waals surface area contributed by atoms with Crippen molar-refractivity contribution < 1.29 is 13.9 Å². The Hall–Kier alpha value is -1.72. The molecule has 116 valence electrons. The second kappa shape index (κ2) is 7.03. The number of amides is 1. The van der Waals surface area contributed by atoms with Crippen LogP contribution in [0.1, 0.15) is 28.1 Å². The third kappa shape index (κ3) is 3.72. The van der Waals surface area contributed by atoms with E-state index in [-0.39, 0.29) is 17.8 Å². The predicted molar refractivity (Wildman–Crippen MR) is 84.4 cm³/mol. The number of benzene rings is 1. The molecular formula is C17H18FNO2S. The molecule has 0 N–H and O–H groups in total. The van der Waals surface area contributed by atoms with Crippen LogP contribution in [0.25, 0.3) is 0 Å². The van der Waals surface area contributed by atoms with Gasteiger partial charge in [-0.3, -0.25) is 4.79 Å². The van der Waals surface area contributed by atoms with Crippen molar-refractivity contribution >= 4 is 17.2 Å². The summed E-state index contributed by atoms with van der Waals surface area (Å²) in [6.45, 7) is 1.91. The average molecular weight is 319 g/mol. The van der Waals surface area contributed by atoms with Crippen LogP contribution in [0.15, 0.2) is 41.8 Å². The molecule has 1 fully saturated rings. The molecule has 0 spiro atoms. The number of rotatable bonds is 5. The van der Waals surface area contributed by atoms with E-state index in [1.54, 1.807) is 16.2 Å². The summed E-state index contributed by atoms with van der Waals surface area (Å²) in [4.78, 5) is 15.7. The van der Waals surface area contributed by atoms with Crippen LogP contribution in [0.2, 0.25) is 0 Å². The zero-order valence-electron chi connectivity index (χ0n) is 12.2. The maximum absolute atomic E-state index is 13.0. The summed E-state index contributed by atoms with van der Waals surface area (Å²) in [5, 5.41) is 2.00. The van der Waals surface area contributed by atoms with Crippen molar-refractivity contribution in [1.29, 1.82) is 0 Å². The van der Waals surface area contributed by atoms with Gasteiger partial charge in [0.15, 0.2) is 0 Å². The number of hydrogen-bond donors (Lipinski definition) is 0. The quantitative estimate of drug-likeness (QED) is 0.841. The van der Waals surface area contributed by atoms with E-state index in [0.29, 0.717) is 18.7 Å². The smallest absolute Gasteiger partial charge is 0.254 e. The van der Waals surface area contributed by atoms with Crippen molar-refractivity contribution in [3.05, 3.63) is 58.0 Å². The minimum absolute atomic E-state index is 0.0797. The second-order valence-corrected chi connectivity index (χ2v) is 6.44. The summed E-state index contributed by atoms with van der Waals surface area (Å²) in [5.74, 6) is -0.413. The van der Waals surface area contributed by atoms with Crippen LogP contribution >= 0.6 is 11.3 Å². The fourth-order valence-corrected chi connectivity index (χ4v) is 3.34. The lowest BCUT2D eigenvalue weighted by Crippen LogP contribution is -2.36. The topological polar surface area (TPSA) is 29.5 Å². The normalized spacial score (nSPS) is 17.6. The van der Waals surface area contributed by atoms with Crippen molar-refractivity contribution in [1.82, 2.24) is 4.90 Å². The van der Waals surface area contributed by atoms with E-state index in [2.05, 4.69) is 0 Å². The highest BCUT2D eigenvalue weighted by atomic mass is 32.1. The van der Waals surface area contributed by atoms with Crippen LogP contribution in [0.3, 0.4) is 0 Å². The van der Waals surface area contributed by atoms with Crippen LogP contribution in [-0.4, -0.2) is 30.1 Å². The third-order valence-electron chi connectivity index (χ3n) is 3.75. The largest absolute Gasteiger partial charge is 0.376 e. The van der Waals surface area contributed by atoms with Gasteiger partial charge in [0.25, 0.3) is 5.91 Å². The Morgan fingerprint density at radius 1 is 1.32 bits per heavy atom. The van der Waals surface area contributed by atoms with Crippen molar-refractivity contribution in [2.75, 3.05) is 13.2 Å². The molecule has 0 aliphatic carbocycles. The third-order valence-corrected chi connectivity index (χ3v) is 4.61. The molecule has 3 nitrogen and oxygen atoms in total. The predicted octanol–water partition coefficient (Wildman–Crippen LogP) is 3.71. The Morgan fingerprint density at radius 3 is 2.77 bits per heavy atom. The van der Waals surface area contributed by atoms with Gasteiger partial charge in [0, 0.05) is 23.6 Å². The fraction of sp³-hybridized carbons (Fsp3) is 0.353. The van der Waals surface area contributed by atoms with E-state index in [1.165, 1.54) is 24.3 Å². The van der Waals surface area contributed by atoms with Gasteiger partial charge in [-0.2, -0.15) is 0 Å². The molecule has 1 aromatic carbocycles. The second-order valence-electron chi connectivity index (χ2n) is 5.41. The summed E-state index contributed by atoms with van der Waals surface area (Å²) < 4.78 is 18.7. The van der Waals surface area contributed by atoms with Gasteiger partial charge in [0.05, 0.1) is 12.6 Å². The molecule has 2 heterocycles. The zero-order valence-corrected chi connectivity index (χ0v) is 13.0. The van der Waals surface area contributed by atoms with Crippen molar-refractivity contribution in [3.63, 3.8) is 0 Å². The minimum atomic E-state index is -0.333. The van der Waals surface area contributed by atoms with Gasteiger partial charge < -0.3 is 9.64 Å². The van der Waals surface area contributed by atoms with Crippen LogP contribution in [-0.2, 0) is 11.3 Å². The number of nitrogens with zero attached hydrogens (tertiary/aromatic N) is 1. The molecule has 1 aliphatic rings. The summed E-state index contributed by atoms with van der Waals surface area (Å²) >= 11 is 1.63. The number of halogens is 1. The van der Waals surface area contributed by atoms with Gasteiger partial charge in [-0.05, 0) is 48.6 Å². The van der Waals surface area contributed by atoms with Crippen LogP contribution in [0, 0.1) is 5.82 Å². The first-order valence-electron chi connectivity index (χ1n) is 7.41. The molecule has 0 saturated carbocycles. The van der Waals surface area contributed by atoms with E-state index in [4.69, 9.17) is 4.74 Å². The maximum atomic E-state index is 13.0. The Balaban J connectivity index is 1.76. The molecule has 1 aliphatic heterocycles. The summed E-state index contributed by atoms with van der Waals surface area (Å²) in [6, 6.07) is 9.71. The molecule has 0 radical (unpaired) electrons. The molecule has 3 rings (SSSR count). The number of thiophene rings is 1. The lowest BCUT2D eigenvalue weighted by molar-refractivity contribution is 0.0509. The Kier molecular flexibility index (Phi) is 4.85. The average Bonchev–Trinajstić information content (AvgIpc) is 3.20. The van der Waals surface area contributed by atoms with Gasteiger partial charge in [-0.15, -0.1) is 11.3 Å².